The van der Waals surface area contributed by atoms with E-state index in [1.165, 1.54) is 12.4 Å². The monoisotopic (exact) mass is 1160 g/mol. The molecule has 0 aliphatic carbocycles. The molecule has 24 heteroatoms. The molecule has 3 saturated heterocycles. The standard InChI is InChI=1S/C59H83N15O8S/c1-13-15-47(75)41-26-46-51(61-29-41)59(11,12)36-73(46)50(76)35-72-33-38(2)60-32-43(72)34-69-19-23-71(24-20-69)55-62-30-42(31-63-55)54(77)70-21-17-68(18-22-70)16-14-25-81-48-28-45-44(27-49(48)83(79,80)58(8,9)10)52(65-37-64-45)66-53-39(3)40(4)67-74(53)56(78)82-57(5,6)7/h26-31,37-38,43,60H,13-25,32-36H2,1-12H3,(H,64,65,66)/t38-,43-/m1/s1. The first-order valence-electron chi connectivity index (χ1n) is 29.1. The summed E-state index contributed by atoms with van der Waals surface area (Å²) < 4.78 is 40.3. The first kappa shape index (κ1) is 60.8. The van der Waals surface area contributed by atoms with Crippen molar-refractivity contribution in [2.75, 3.05) is 113 Å². The van der Waals surface area contributed by atoms with Crippen LogP contribution in [0.2, 0.25) is 0 Å². The molecule has 2 atom stereocenters. The van der Waals surface area contributed by atoms with Crippen LogP contribution in [0.1, 0.15) is 126 Å². The molecule has 0 bridgehead atoms. The molecule has 9 rings (SSSR count). The molecular weight excluding hydrogens is 1080 g/mol. The largest absolute Gasteiger partial charge is 0.492 e. The molecule has 0 unspecified atom stereocenters. The van der Waals surface area contributed by atoms with Crippen molar-refractivity contribution in [3.63, 3.8) is 0 Å². The smallest absolute Gasteiger partial charge is 0.437 e. The lowest BCUT2D eigenvalue weighted by atomic mass is 9.91. The summed E-state index contributed by atoms with van der Waals surface area (Å²) in [6.07, 6.45) is 7.40. The highest BCUT2D eigenvalue weighted by atomic mass is 32.2. The van der Waals surface area contributed by atoms with Crippen LogP contribution in [0.5, 0.6) is 5.75 Å². The van der Waals surface area contributed by atoms with Gasteiger partial charge in [-0.25, -0.2) is 33.1 Å². The number of hydrogen-bond donors (Lipinski definition) is 2. The molecule has 8 heterocycles. The Morgan fingerprint density at radius 1 is 0.855 bits per heavy atom. The Bertz CT molecular complexity index is 3320. The van der Waals surface area contributed by atoms with E-state index in [4.69, 9.17) is 14.5 Å². The van der Waals surface area contributed by atoms with Crippen LogP contribution in [0, 0.1) is 13.8 Å². The molecule has 4 aliphatic heterocycles. The molecule has 3 fully saturated rings. The predicted octanol–water partition coefficient (Wildman–Crippen LogP) is 6.05. The number of pyridine rings is 1. The first-order valence-corrected chi connectivity index (χ1v) is 30.5. The number of nitrogens with one attached hydrogen (secondary N) is 2. The third-order valence-electron chi connectivity index (χ3n) is 16.0. The number of carbonyl (C=O) groups is 4. The lowest BCUT2D eigenvalue weighted by Crippen LogP contribution is -2.62. The minimum atomic E-state index is -3.94. The summed E-state index contributed by atoms with van der Waals surface area (Å²) in [5.74, 6) is 1.33. The highest BCUT2D eigenvalue weighted by Crippen LogP contribution is 2.41. The molecular formula is C59H83N15O8S. The van der Waals surface area contributed by atoms with Crippen LogP contribution >= 0.6 is 0 Å². The molecule has 4 aliphatic rings. The van der Waals surface area contributed by atoms with Crippen LogP contribution < -0.4 is 25.2 Å². The van der Waals surface area contributed by atoms with Crippen LogP contribution in [0.15, 0.2) is 48.0 Å². The number of aromatic nitrogens is 7. The maximum absolute atomic E-state index is 14.2. The maximum Gasteiger partial charge on any atom is 0.437 e. The molecule has 0 saturated carbocycles. The Morgan fingerprint density at radius 3 is 2.22 bits per heavy atom. The Balaban J connectivity index is 0.749. The second kappa shape index (κ2) is 24.5. The number of ether oxygens (including phenoxy) is 2. The zero-order valence-electron chi connectivity index (χ0n) is 50.4. The van der Waals surface area contributed by atoms with Gasteiger partial charge in [0.15, 0.2) is 15.6 Å². The Kier molecular flexibility index (Phi) is 17.9. The van der Waals surface area contributed by atoms with Gasteiger partial charge in [0.05, 0.1) is 46.1 Å². The summed E-state index contributed by atoms with van der Waals surface area (Å²) in [6.45, 7) is 31.6. The second-order valence-electron chi connectivity index (χ2n) is 25.1. The number of fused-ring (bicyclic) bond motifs is 2. The van der Waals surface area contributed by atoms with Crippen molar-refractivity contribution in [3.05, 3.63) is 71.2 Å². The van der Waals surface area contributed by atoms with E-state index >= 15 is 0 Å². The van der Waals surface area contributed by atoms with E-state index in [1.807, 2.05) is 29.7 Å². The minimum absolute atomic E-state index is 0.00144. The van der Waals surface area contributed by atoms with Crippen molar-refractivity contribution in [1.82, 2.24) is 59.6 Å². The van der Waals surface area contributed by atoms with Gasteiger partial charge in [-0.05, 0) is 87.3 Å². The van der Waals surface area contributed by atoms with Gasteiger partial charge in [0.1, 0.15) is 34.2 Å². The van der Waals surface area contributed by atoms with Gasteiger partial charge in [-0.15, -0.1) is 4.68 Å². The summed E-state index contributed by atoms with van der Waals surface area (Å²) in [5, 5.41) is 11.7. The molecule has 83 heavy (non-hydrogen) atoms. The van der Waals surface area contributed by atoms with E-state index in [-0.39, 0.29) is 64.7 Å². The number of amides is 2. The van der Waals surface area contributed by atoms with E-state index in [2.05, 4.69) is 76.0 Å². The van der Waals surface area contributed by atoms with Crippen molar-refractivity contribution < 1.29 is 37.1 Å². The van der Waals surface area contributed by atoms with Crippen molar-refractivity contribution in [2.24, 2.45) is 0 Å². The average Bonchev–Trinajstić information content (AvgIpc) is 3.72. The van der Waals surface area contributed by atoms with Crippen LogP contribution in [0.25, 0.3) is 10.9 Å². The molecule has 448 valence electrons. The molecule has 23 nitrogen and oxygen atoms in total. The Hall–Kier alpha value is -6.73. The van der Waals surface area contributed by atoms with Crippen LogP contribution in [0.4, 0.5) is 28.1 Å². The molecule has 2 N–H and O–H groups in total. The fraction of sp³-hybridized carbons (Fsp3) is 0.593. The van der Waals surface area contributed by atoms with E-state index in [0.29, 0.717) is 97.2 Å². The van der Waals surface area contributed by atoms with Crippen molar-refractivity contribution in [2.45, 2.75) is 135 Å². The summed E-state index contributed by atoms with van der Waals surface area (Å²) in [4.78, 5) is 89.7. The van der Waals surface area contributed by atoms with E-state index < -0.39 is 26.3 Å². The normalized spacial score (nSPS) is 19.3. The number of aryl methyl sites for hydroxylation is 1. The Morgan fingerprint density at radius 2 is 1.54 bits per heavy atom. The summed E-state index contributed by atoms with van der Waals surface area (Å²) in [5.41, 5.74) is 3.23. The second-order valence-corrected chi connectivity index (χ2v) is 27.8. The average molecular weight is 1160 g/mol. The number of anilines is 4. The number of Topliss-reactive ketones (excluding diaryl/α,β-unsaturated/α-hetero) is 1. The van der Waals surface area contributed by atoms with Gasteiger partial charge in [-0.3, -0.25) is 34.1 Å². The van der Waals surface area contributed by atoms with Gasteiger partial charge in [-0.1, -0.05) is 20.8 Å². The van der Waals surface area contributed by atoms with Crippen LogP contribution in [-0.2, 0) is 24.8 Å². The summed E-state index contributed by atoms with van der Waals surface area (Å²) in [7, 11) is -3.94. The zero-order valence-corrected chi connectivity index (χ0v) is 51.2. The van der Waals surface area contributed by atoms with E-state index in [9.17, 15) is 27.6 Å². The highest BCUT2D eigenvalue weighted by Gasteiger charge is 2.42. The third kappa shape index (κ3) is 13.6. The van der Waals surface area contributed by atoms with Crippen LogP contribution in [0.3, 0.4) is 0 Å². The molecule has 2 amide bonds. The lowest BCUT2D eigenvalue weighted by molar-refractivity contribution is -0.120. The van der Waals surface area contributed by atoms with Crippen molar-refractivity contribution in [3.8, 4) is 5.75 Å². The topological polar surface area (TPSA) is 247 Å². The van der Waals surface area contributed by atoms with Crippen molar-refractivity contribution >= 4 is 67.7 Å². The number of ketones is 1. The number of hydrogen-bond acceptors (Lipinski definition) is 20. The van der Waals surface area contributed by atoms with Gasteiger partial charge in [0.25, 0.3) is 5.91 Å². The molecule has 5 aromatic rings. The number of rotatable bonds is 17. The fourth-order valence-electron chi connectivity index (χ4n) is 11.1. The Labute approximate surface area is 487 Å². The van der Waals surface area contributed by atoms with Crippen molar-refractivity contribution in [1.29, 1.82) is 0 Å². The molecule has 1 aromatic carbocycles. The fourth-order valence-corrected chi connectivity index (χ4v) is 12.4. The maximum atomic E-state index is 14.2. The third-order valence-corrected chi connectivity index (χ3v) is 18.5. The predicted molar refractivity (Wildman–Crippen MR) is 318 cm³/mol. The molecule has 0 spiro atoms. The summed E-state index contributed by atoms with van der Waals surface area (Å²) in [6, 6.07) is 5.38. The highest BCUT2D eigenvalue weighted by molar-refractivity contribution is 7.92. The van der Waals surface area contributed by atoms with Gasteiger partial charge < -0.3 is 34.8 Å². The van der Waals surface area contributed by atoms with Gasteiger partial charge in [0.2, 0.25) is 11.9 Å². The van der Waals surface area contributed by atoms with Gasteiger partial charge >= 0.3 is 6.09 Å². The van der Waals surface area contributed by atoms with E-state index in [1.54, 1.807) is 73.1 Å². The van der Waals surface area contributed by atoms with Gasteiger partial charge in [0, 0.05) is 150 Å². The minimum Gasteiger partial charge on any atom is -0.492 e. The van der Waals surface area contributed by atoms with E-state index in [0.717, 1.165) is 68.3 Å². The molecule has 0 radical (unpaired) electrons. The number of piperazine rings is 3. The van der Waals surface area contributed by atoms with Gasteiger partial charge in [-0.2, -0.15) is 5.10 Å². The number of nitrogens with zero attached hydrogens (tertiary/aromatic N) is 13. The quantitative estimate of drug-likeness (QED) is 0.0795. The SMILES string of the molecule is CCCC(=O)c1cnc2c(c1)N(C(=O)CN1C[C@@H](C)NC[C@@H]1CN1CCN(c3ncc(C(=O)N4CCN(CCCOc5cc6ncnc(Nc7c(C)c(C)nn7C(=O)OC(C)(C)C)c6cc5S(=O)(=O)C(C)(C)C)CC4)cn3)CC1)CC2(C)C. The lowest BCUT2D eigenvalue weighted by Gasteiger charge is -2.43. The van der Waals surface area contributed by atoms with Crippen LogP contribution in [-0.4, -0.2) is 207 Å². The molecule has 4 aromatic heterocycles. The zero-order chi connectivity index (χ0) is 59.8. The number of benzene rings is 1. The number of sulfone groups is 1. The summed E-state index contributed by atoms with van der Waals surface area (Å²) >= 11 is 0. The number of carbonyl (C=O) groups excluding carboxylic acids is 4. The first-order chi connectivity index (χ1) is 39.2.